The lowest BCUT2D eigenvalue weighted by Gasteiger charge is -2.25. The zero-order valence-electron chi connectivity index (χ0n) is 8.35. The highest BCUT2D eigenvalue weighted by molar-refractivity contribution is 7.99. The normalized spacial score (nSPS) is 49.9. The molecule has 5 unspecified atom stereocenters. The molecule has 3 aliphatic heterocycles. The number of thioether (sulfide) groups is 1. The zero-order chi connectivity index (χ0) is 9.54. The van der Waals surface area contributed by atoms with Crippen LogP contribution in [0.25, 0.3) is 0 Å². The second-order valence-electron chi connectivity index (χ2n) is 4.30. The highest BCUT2D eigenvalue weighted by atomic mass is 32.2. The maximum absolute atomic E-state index is 5.85. The summed E-state index contributed by atoms with van der Waals surface area (Å²) in [6, 6.07) is 0. The van der Waals surface area contributed by atoms with E-state index in [4.69, 9.17) is 14.2 Å². The summed E-state index contributed by atoms with van der Waals surface area (Å²) >= 11 is 1.91. The topological polar surface area (TPSA) is 31.0 Å². The Morgan fingerprint density at radius 2 is 2.29 bits per heavy atom. The van der Waals surface area contributed by atoms with Gasteiger partial charge in [0.1, 0.15) is 6.10 Å². The zero-order valence-corrected chi connectivity index (χ0v) is 9.16. The minimum Gasteiger partial charge on any atom is -0.373 e. The number of epoxide rings is 1. The molecule has 3 nitrogen and oxygen atoms in total. The molecule has 4 heteroatoms. The standard InChI is InChI=1S/C10H16O3S/c1-14-9-3-6-2-8(10(9)13-6)12-5-7-4-11-7/h6-10H,2-5H2,1H3. The fraction of sp³-hybridized carbons (Fsp3) is 1.00. The van der Waals surface area contributed by atoms with Gasteiger partial charge in [0.2, 0.25) is 0 Å². The van der Waals surface area contributed by atoms with Crippen molar-refractivity contribution in [2.45, 2.75) is 42.5 Å². The molecule has 3 fully saturated rings. The van der Waals surface area contributed by atoms with Crippen LogP contribution in [0.15, 0.2) is 0 Å². The van der Waals surface area contributed by atoms with Gasteiger partial charge in [0.05, 0.1) is 31.5 Å². The van der Waals surface area contributed by atoms with Crippen LogP contribution in [0.3, 0.4) is 0 Å². The summed E-state index contributed by atoms with van der Waals surface area (Å²) in [6.07, 6.45) is 5.98. The SMILES string of the molecule is CSC1CC2CC(OCC3CO3)C1O2. The molecule has 0 aromatic heterocycles. The van der Waals surface area contributed by atoms with E-state index in [1.165, 1.54) is 6.42 Å². The van der Waals surface area contributed by atoms with Gasteiger partial charge in [0.15, 0.2) is 0 Å². The van der Waals surface area contributed by atoms with Gasteiger partial charge < -0.3 is 14.2 Å². The van der Waals surface area contributed by atoms with E-state index in [1.54, 1.807) is 0 Å². The van der Waals surface area contributed by atoms with Crippen molar-refractivity contribution in [3.63, 3.8) is 0 Å². The van der Waals surface area contributed by atoms with Crippen LogP contribution in [0, 0.1) is 0 Å². The van der Waals surface area contributed by atoms with Gasteiger partial charge in [-0.2, -0.15) is 11.8 Å². The molecule has 0 radical (unpaired) electrons. The quantitative estimate of drug-likeness (QED) is 0.658. The number of hydrogen-bond acceptors (Lipinski definition) is 4. The van der Waals surface area contributed by atoms with Crippen LogP contribution in [0.2, 0.25) is 0 Å². The number of fused-ring (bicyclic) bond motifs is 2. The lowest BCUT2D eigenvalue weighted by atomic mass is 9.97. The first-order valence-corrected chi connectivity index (χ1v) is 6.57. The fourth-order valence-electron chi connectivity index (χ4n) is 2.42. The lowest BCUT2D eigenvalue weighted by molar-refractivity contribution is -0.00455. The van der Waals surface area contributed by atoms with Gasteiger partial charge in [0, 0.05) is 11.7 Å². The number of ether oxygens (including phenoxy) is 3. The Morgan fingerprint density at radius 1 is 1.43 bits per heavy atom. The highest BCUT2D eigenvalue weighted by Crippen LogP contribution is 2.41. The molecule has 2 bridgehead atoms. The van der Waals surface area contributed by atoms with Crippen LogP contribution in [-0.4, -0.2) is 49.1 Å². The number of hydrogen-bond donors (Lipinski definition) is 0. The molecule has 3 aliphatic rings. The Labute approximate surface area is 88.5 Å². The minimum atomic E-state index is 0.329. The molecule has 14 heavy (non-hydrogen) atoms. The average molecular weight is 216 g/mol. The molecule has 3 saturated heterocycles. The van der Waals surface area contributed by atoms with Gasteiger partial charge in [-0.1, -0.05) is 0 Å². The minimum absolute atomic E-state index is 0.329. The molecule has 0 aromatic carbocycles. The van der Waals surface area contributed by atoms with Crippen molar-refractivity contribution in [2.75, 3.05) is 19.5 Å². The second kappa shape index (κ2) is 3.67. The molecule has 5 atom stereocenters. The Kier molecular flexibility index (Phi) is 2.48. The molecular weight excluding hydrogens is 200 g/mol. The molecule has 0 N–H and O–H groups in total. The van der Waals surface area contributed by atoms with Crippen molar-refractivity contribution >= 4 is 11.8 Å². The summed E-state index contributed by atoms with van der Waals surface area (Å²) < 4.78 is 16.8. The van der Waals surface area contributed by atoms with E-state index >= 15 is 0 Å². The predicted octanol–water partition coefficient (Wildman–Crippen LogP) is 1.06. The van der Waals surface area contributed by atoms with Crippen LogP contribution in [0.5, 0.6) is 0 Å². The van der Waals surface area contributed by atoms with Crippen LogP contribution in [0.4, 0.5) is 0 Å². The largest absolute Gasteiger partial charge is 0.373 e. The second-order valence-corrected chi connectivity index (χ2v) is 5.37. The predicted molar refractivity (Wildman–Crippen MR) is 54.7 cm³/mol. The van der Waals surface area contributed by atoms with Gasteiger partial charge in [-0.3, -0.25) is 0 Å². The van der Waals surface area contributed by atoms with E-state index in [-0.39, 0.29) is 0 Å². The molecule has 0 saturated carbocycles. The summed E-state index contributed by atoms with van der Waals surface area (Å²) in [4.78, 5) is 0. The van der Waals surface area contributed by atoms with Crippen LogP contribution in [0.1, 0.15) is 12.8 Å². The lowest BCUT2D eigenvalue weighted by Crippen LogP contribution is -2.35. The van der Waals surface area contributed by atoms with Gasteiger partial charge >= 0.3 is 0 Å². The molecule has 3 heterocycles. The third-order valence-corrected chi connectivity index (χ3v) is 4.34. The Hall–Kier alpha value is 0.230. The summed E-state index contributed by atoms with van der Waals surface area (Å²) in [7, 11) is 0. The first-order chi connectivity index (χ1) is 6.86. The Balaban J connectivity index is 1.54. The first-order valence-electron chi connectivity index (χ1n) is 5.28. The van der Waals surface area contributed by atoms with Crippen molar-refractivity contribution < 1.29 is 14.2 Å². The maximum Gasteiger partial charge on any atom is 0.104 e. The third-order valence-electron chi connectivity index (χ3n) is 3.27. The van der Waals surface area contributed by atoms with Gasteiger partial charge in [-0.25, -0.2) is 0 Å². The van der Waals surface area contributed by atoms with E-state index in [0.29, 0.717) is 29.7 Å². The summed E-state index contributed by atoms with van der Waals surface area (Å²) in [5.41, 5.74) is 0. The van der Waals surface area contributed by atoms with E-state index in [0.717, 1.165) is 19.6 Å². The summed E-state index contributed by atoms with van der Waals surface area (Å²) in [5.74, 6) is 0. The van der Waals surface area contributed by atoms with Gasteiger partial charge in [-0.15, -0.1) is 0 Å². The monoisotopic (exact) mass is 216 g/mol. The van der Waals surface area contributed by atoms with Gasteiger partial charge in [0.25, 0.3) is 0 Å². The van der Waals surface area contributed by atoms with E-state index in [9.17, 15) is 0 Å². The molecule has 0 aliphatic carbocycles. The van der Waals surface area contributed by atoms with Crippen molar-refractivity contribution in [2.24, 2.45) is 0 Å². The smallest absolute Gasteiger partial charge is 0.104 e. The number of rotatable bonds is 4. The van der Waals surface area contributed by atoms with Crippen molar-refractivity contribution in [3.05, 3.63) is 0 Å². The van der Waals surface area contributed by atoms with Crippen molar-refractivity contribution in [3.8, 4) is 0 Å². The van der Waals surface area contributed by atoms with Crippen LogP contribution in [-0.2, 0) is 14.2 Å². The fourth-order valence-corrected chi connectivity index (χ4v) is 3.33. The molecule has 0 amide bonds. The van der Waals surface area contributed by atoms with E-state index in [2.05, 4.69) is 6.26 Å². The van der Waals surface area contributed by atoms with E-state index in [1.807, 2.05) is 11.8 Å². The van der Waals surface area contributed by atoms with Crippen molar-refractivity contribution in [1.82, 2.24) is 0 Å². The maximum atomic E-state index is 5.85. The summed E-state index contributed by atoms with van der Waals surface area (Å²) in [6.45, 7) is 1.64. The first kappa shape index (κ1) is 9.46. The summed E-state index contributed by atoms with van der Waals surface area (Å²) in [5, 5.41) is 0.652. The highest BCUT2D eigenvalue weighted by Gasteiger charge is 2.48. The average Bonchev–Trinajstić information content (AvgIpc) is 2.84. The molecular formula is C10H16O3S. The van der Waals surface area contributed by atoms with Gasteiger partial charge in [-0.05, 0) is 12.7 Å². The third kappa shape index (κ3) is 1.69. The van der Waals surface area contributed by atoms with E-state index < -0.39 is 0 Å². The Bertz CT molecular complexity index is 219. The van der Waals surface area contributed by atoms with Crippen LogP contribution >= 0.6 is 11.8 Å². The molecule has 3 rings (SSSR count). The van der Waals surface area contributed by atoms with Crippen LogP contribution < -0.4 is 0 Å². The molecule has 0 aromatic rings. The van der Waals surface area contributed by atoms with Crippen molar-refractivity contribution in [1.29, 1.82) is 0 Å². The Morgan fingerprint density at radius 3 is 2.93 bits per heavy atom. The molecule has 80 valence electrons. The molecule has 0 spiro atoms.